The van der Waals surface area contributed by atoms with E-state index in [2.05, 4.69) is 5.32 Å². The van der Waals surface area contributed by atoms with Crippen molar-refractivity contribution in [1.82, 2.24) is 5.32 Å². The van der Waals surface area contributed by atoms with Crippen molar-refractivity contribution in [2.45, 2.75) is 19.4 Å². The molecule has 0 bridgehead atoms. The van der Waals surface area contributed by atoms with Crippen LogP contribution in [0.5, 0.6) is 0 Å². The van der Waals surface area contributed by atoms with Gasteiger partial charge in [0.1, 0.15) is 11.9 Å². The number of aliphatic carboxylic acids is 1. The van der Waals surface area contributed by atoms with E-state index in [1.807, 2.05) is 0 Å². The third kappa shape index (κ3) is 4.81. The maximum Gasteiger partial charge on any atom is 0.320 e. The molecule has 0 aliphatic carbocycles. The fraction of sp³-hybridized carbons (Fsp3) is 0.286. The number of benzene rings is 1. The van der Waals surface area contributed by atoms with Crippen molar-refractivity contribution in [3.63, 3.8) is 0 Å². The summed E-state index contributed by atoms with van der Waals surface area (Å²) in [5.41, 5.74) is 6.11. The molecule has 0 saturated carbocycles. The molecule has 4 N–H and O–H groups in total. The van der Waals surface area contributed by atoms with Gasteiger partial charge in [0.05, 0.1) is 0 Å². The van der Waals surface area contributed by atoms with Gasteiger partial charge in [-0.05, 0) is 25.0 Å². The van der Waals surface area contributed by atoms with E-state index in [0.717, 1.165) is 0 Å². The number of hydrogen-bond acceptors (Lipinski definition) is 3. The van der Waals surface area contributed by atoms with Gasteiger partial charge in [-0.2, -0.15) is 0 Å². The number of halogens is 1. The van der Waals surface area contributed by atoms with Crippen LogP contribution in [0.25, 0.3) is 6.08 Å². The molecule has 1 atom stereocenters. The van der Waals surface area contributed by atoms with Crippen molar-refractivity contribution in [3.8, 4) is 0 Å². The van der Waals surface area contributed by atoms with Crippen LogP contribution in [0.15, 0.2) is 24.3 Å². The number of hydrogen-bond donors (Lipinski definition) is 3. The standard InChI is InChI=1S/C14H17FN2O3/c1-9-3-2-4-10(13(9)15)5-6-12(18)17-8-7-11(16)14(19)20/h2-6,11H,7-8,16H2,1H3,(H,17,18)(H,19,20)/b6-5+/t11-/m0/s1. The summed E-state index contributed by atoms with van der Waals surface area (Å²) in [4.78, 5) is 21.9. The highest BCUT2D eigenvalue weighted by Gasteiger charge is 2.10. The van der Waals surface area contributed by atoms with Crippen LogP contribution in [0.2, 0.25) is 0 Å². The highest BCUT2D eigenvalue weighted by molar-refractivity contribution is 5.91. The van der Waals surface area contributed by atoms with E-state index < -0.39 is 17.9 Å². The van der Waals surface area contributed by atoms with Gasteiger partial charge in [0.2, 0.25) is 5.91 Å². The van der Waals surface area contributed by atoms with Crippen LogP contribution in [-0.4, -0.2) is 29.6 Å². The van der Waals surface area contributed by atoms with Gasteiger partial charge < -0.3 is 16.2 Å². The monoisotopic (exact) mass is 280 g/mol. The molecule has 0 aliphatic rings. The molecular weight excluding hydrogens is 263 g/mol. The van der Waals surface area contributed by atoms with Crippen molar-refractivity contribution in [2.75, 3.05) is 6.54 Å². The van der Waals surface area contributed by atoms with Crippen molar-refractivity contribution in [3.05, 3.63) is 41.2 Å². The van der Waals surface area contributed by atoms with Gasteiger partial charge in [-0.1, -0.05) is 18.2 Å². The van der Waals surface area contributed by atoms with Gasteiger partial charge in [0.25, 0.3) is 0 Å². The number of nitrogens with two attached hydrogens (primary N) is 1. The molecule has 0 radical (unpaired) electrons. The van der Waals surface area contributed by atoms with E-state index in [1.165, 1.54) is 12.2 Å². The van der Waals surface area contributed by atoms with Crippen LogP contribution in [0.4, 0.5) is 4.39 Å². The Morgan fingerprint density at radius 3 is 2.85 bits per heavy atom. The Labute approximate surface area is 116 Å². The molecule has 0 heterocycles. The predicted molar refractivity (Wildman–Crippen MR) is 73.4 cm³/mol. The van der Waals surface area contributed by atoms with E-state index in [9.17, 15) is 14.0 Å². The van der Waals surface area contributed by atoms with Gasteiger partial charge in [-0.25, -0.2) is 4.39 Å². The summed E-state index contributed by atoms with van der Waals surface area (Å²) in [5.74, 6) is -1.91. The van der Waals surface area contributed by atoms with Crippen LogP contribution in [0.3, 0.4) is 0 Å². The Bertz CT molecular complexity index is 529. The normalized spacial score (nSPS) is 12.3. The number of carboxylic acid groups (broad SMARTS) is 1. The fourth-order valence-corrected chi connectivity index (χ4v) is 1.50. The molecule has 1 aromatic carbocycles. The summed E-state index contributed by atoms with van der Waals surface area (Å²) < 4.78 is 13.6. The number of carbonyl (C=O) groups is 2. The lowest BCUT2D eigenvalue weighted by Gasteiger charge is -2.06. The van der Waals surface area contributed by atoms with Crippen LogP contribution < -0.4 is 11.1 Å². The lowest BCUT2D eigenvalue weighted by atomic mass is 10.1. The van der Waals surface area contributed by atoms with Gasteiger partial charge in [-0.15, -0.1) is 0 Å². The molecule has 1 amide bonds. The van der Waals surface area contributed by atoms with E-state index in [1.54, 1.807) is 25.1 Å². The molecule has 108 valence electrons. The van der Waals surface area contributed by atoms with E-state index in [0.29, 0.717) is 11.1 Å². The second-order valence-electron chi connectivity index (χ2n) is 4.34. The number of aryl methyl sites for hydroxylation is 1. The zero-order valence-electron chi connectivity index (χ0n) is 11.1. The Balaban J connectivity index is 2.48. The second-order valence-corrected chi connectivity index (χ2v) is 4.34. The molecule has 0 aromatic heterocycles. The van der Waals surface area contributed by atoms with Crippen LogP contribution >= 0.6 is 0 Å². The minimum absolute atomic E-state index is 0.133. The molecule has 6 heteroatoms. The number of carbonyl (C=O) groups excluding carboxylic acids is 1. The molecule has 1 rings (SSSR count). The van der Waals surface area contributed by atoms with Crippen molar-refractivity contribution in [2.24, 2.45) is 5.73 Å². The zero-order valence-corrected chi connectivity index (χ0v) is 11.1. The first-order valence-corrected chi connectivity index (χ1v) is 6.11. The third-order valence-electron chi connectivity index (χ3n) is 2.71. The van der Waals surface area contributed by atoms with Gasteiger partial charge in [0, 0.05) is 18.2 Å². The third-order valence-corrected chi connectivity index (χ3v) is 2.71. The fourth-order valence-electron chi connectivity index (χ4n) is 1.50. The molecule has 0 unspecified atom stereocenters. The molecule has 0 spiro atoms. The molecule has 1 aromatic rings. The van der Waals surface area contributed by atoms with E-state index in [4.69, 9.17) is 10.8 Å². The van der Waals surface area contributed by atoms with Crippen LogP contribution in [-0.2, 0) is 9.59 Å². The summed E-state index contributed by atoms with van der Waals surface area (Å²) in [6, 6.07) is 3.89. The largest absolute Gasteiger partial charge is 0.480 e. The molecule has 0 fully saturated rings. The maximum atomic E-state index is 13.6. The summed E-state index contributed by atoms with van der Waals surface area (Å²) in [5, 5.41) is 11.0. The lowest BCUT2D eigenvalue weighted by molar-refractivity contribution is -0.138. The molecule has 20 heavy (non-hydrogen) atoms. The SMILES string of the molecule is Cc1cccc(/C=C/C(=O)NCC[C@H](N)C(=O)O)c1F. The first-order valence-electron chi connectivity index (χ1n) is 6.11. The van der Waals surface area contributed by atoms with Gasteiger partial charge in [0.15, 0.2) is 0 Å². The number of nitrogens with one attached hydrogen (secondary N) is 1. The highest BCUT2D eigenvalue weighted by Crippen LogP contribution is 2.13. The Kier molecular flexibility index (Phi) is 5.86. The molecule has 0 saturated heterocycles. The van der Waals surface area contributed by atoms with Gasteiger partial charge >= 0.3 is 5.97 Å². The minimum atomic E-state index is -1.11. The average molecular weight is 280 g/mol. The molecule has 0 aliphatic heterocycles. The topological polar surface area (TPSA) is 92.4 Å². The summed E-state index contributed by atoms with van der Waals surface area (Å²) in [7, 11) is 0. The minimum Gasteiger partial charge on any atom is -0.480 e. The van der Waals surface area contributed by atoms with Gasteiger partial charge in [-0.3, -0.25) is 9.59 Å². The summed E-state index contributed by atoms with van der Waals surface area (Å²) in [6.07, 6.45) is 2.70. The predicted octanol–water partition coefficient (Wildman–Crippen LogP) is 1.07. The van der Waals surface area contributed by atoms with E-state index >= 15 is 0 Å². The lowest BCUT2D eigenvalue weighted by Crippen LogP contribution is -2.34. The average Bonchev–Trinajstić information content (AvgIpc) is 2.40. The van der Waals surface area contributed by atoms with Crippen molar-refractivity contribution >= 4 is 18.0 Å². The maximum absolute atomic E-state index is 13.6. The smallest absolute Gasteiger partial charge is 0.320 e. The number of carboxylic acids is 1. The van der Waals surface area contributed by atoms with Crippen LogP contribution in [0, 0.1) is 12.7 Å². The summed E-state index contributed by atoms with van der Waals surface area (Å²) >= 11 is 0. The van der Waals surface area contributed by atoms with E-state index in [-0.39, 0.29) is 18.8 Å². The Morgan fingerprint density at radius 1 is 1.50 bits per heavy atom. The quantitative estimate of drug-likeness (QED) is 0.679. The first-order chi connectivity index (χ1) is 9.41. The Hall–Kier alpha value is -2.21. The highest BCUT2D eigenvalue weighted by atomic mass is 19.1. The molecular formula is C14H17FN2O3. The van der Waals surface area contributed by atoms with Crippen LogP contribution in [0.1, 0.15) is 17.5 Å². The number of amides is 1. The Morgan fingerprint density at radius 2 is 2.20 bits per heavy atom. The van der Waals surface area contributed by atoms with Crippen molar-refractivity contribution < 1.29 is 19.1 Å². The van der Waals surface area contributed by atoms with Crippen molar-refractivity contribution in [1.29, 1.82) is 0 Å². The zero-order chi connectivity index (χ0) is 15.1. The second kappa shape index (κ2) is 7.40. The summed E-state index contributed by atoms with van der Waals surface area (Å²) in [6.45, 7) is 1.78. The number of rotatable bonds is 6. The molecule has 5 nitrogen and oxygen atoms in total. The first kappa shape index (κ1) is 15.8.